The monoisotopic (exact) mass is 374 g/mol. The number of nitrogens with zero attached hydrogens (tertiary/aromatic N) is 4. The van der Waals surface area contributed by atoms with Crippen molar-refractivity contribution in [1.29, 1.82) is 0 Å². The van der Waals surface area contributed by atoms with Crippen molar-refractivity contribution in [1.82, 2.24) is 19.7 Å². The average molecular weight is 374 g/mol. The maximum Gasteiger partial charge on any atom is 0.308 e. The lowest BCUT2D eigenvalue weighted by atomic mass is 10.2. The predicted octanol–water partition coefficient (Wildman–Crippen LogP) is 2.78. The summed E-state index contributed by atoms with van der Waals surface area (Å²) in [6.07, 6.45) is 1.40. The molecule has 4 rings (SSSR count). The number of hydrogen-bond donors (Lipinski definition) is 0. The molecule has 0 aliphatic rings. The first kappa shape index (κ1) is 17.8. The number of fused-ring (bicyclic) bond motifs is 2. The lowest BCUT2D eigenvalue weighted by Gasteiger charge is -2.10. The molecule has 2 heterocycles. The van der Waals surface area contributed by atoms with Crippen LogP contribution < -0.4 is 5.43 Å². The lowest BCUT2D eigenvalue weighted by Crippen LogP contribution is -2.15. The van der Waals surface area contributed by atoms with Gasteiger partial charge in [-0.25, -0.2) is 9.97 Å². The van der Waals surface area contributed by atoms with Gasteiger partial charge in [0.2, 0.25) is 5.43 Å². The quantitative estimate of drug-likeness (QED) is 0.499. The van der Waals surface area contributed by atoms with E-state index < -0.39 is 0 Å². The second-order valence-electron chi connectivity index (χ2n) is 6.40. The SMILES string of the molecule is Cc1nc2ccccc2nc1COC(=O)CCn1ncc(=O)c2ccccc21. The Kier molecular flexibility index (Phi) is 4.80. The summed E-state index contributed by atoms with van der Waals surface area (Å²) >= 11 is 0. The minimum atomic E-state index is -0.362. The molecule has 2 aromatic heterocycles. The summed E-state index contributed by atoms with van der Waals surface area (Å²) in [5, 5.41) is 4.70. The molecule has 7 heteroatoms. The zero-order chi connectivity index (χ0) is 19.5. The van der Waals surface area contributed by atoms with Crippen LogP contribution in [0.25, 0.3) is 21.9 Å². The van der Waals surface area contributed by atoms with Gasteiger partial charge >= 0.3 is 5.97 Å². The van der Waals surface area contributed by atoms with Gasteiger partial charge in [-0.05, 0) is 31.2 Å². The van der Waals surface area contributed by atoms with E-state index in [2.05, 4.69) is 15.1 Å². The standard InChI is InChI=1S/C21H18N4O3/c1-14-18(24-17-8-4-3-7-16(17)23-14)13-28-21(27)10-11-25-19-9-5-2-6-15(19)20(26)12-22-25/h2-9,12H,10-11,13H2,1H3. The van der Waals surface area contributed by atoms with E-state index >= 15 is 0 Å². The van der Waals surface area contributed by atoms with Crippen LogP contribution in [0.4, 0.5) is 0 Å². The van der Waals surface area contributed by atoms with Crippen LogP contribution in [-0.4, -0.2) is 25.7 Å². The molecule has 2 aromatic carbocycles. The second kappa shape index (κ2) is 7.56. The minimum absolute atomic E-state index is 0.0703. The number of benzene rings is 2. The first-order chi connectivity index (χ1) is 13.6. The molecule has 0 spiro atoms. The van der Waals surface area contributed by atoms with Crippen molar-refractivity contribution in [2.45, 2.75) is 26.5 Å². The van der Waals surface area contributed by atoms with Crippen LogP contribution in [0.2, 0.25) is 0 Å². The van der Waals surface area contributed by atoms with Crippen molar-refractivity contribution in [2.75, 3.05) is 0 Å². The predicted molar refractivity (Wildman–Crippen MR) is 105 cm³/mol. The highest BCUT2D eigenvalue weighted by Gasteiger charge is 2.10. The first-order valence-electron chi connectivity index (χ1n) is 8.94. The van der Waals surface area contributed by atoms with Gasteiger partial charge in [0.15, 0.2) is 0 Å². The maximum absolute atomic E-state index is 12.2. The van der Waals surface area contributed by atoms with Crippen LogP contribution in [0.15, 0.2) is 59.5 Å². The minimum Gasteiger partial charge on any atom is -0.459 e. The van der Waals surface area contributed by atoms with E-state index in [1.165, 1.54) is 6.20 Å². The van der Waals surface area contributed by atoms with E-state index in [0.29, 0.717) is 23.1 Å². The molecular formula is C21H18N4O3. The summed E-state index contributed by atoms with van der Waals surface area (Å²) in [6.45, 7) is 2.24. The average Bonchev–Trinajstić information content (AvgIpc) is 2.72. The molecule has 0 unspecified atom stereocenters. The molecule has 4 aromatic rings. The van der Waals surface area contributed by atoms with Gasteiger partial charge in [0.05, 0.1) is 47.1 Å². The zero-order valence-corrected chi connectivity index (χ0v) is 15.3. The Balaban J connectivity index is 1.43. The molecule has 28 heavy (non-hydrogen) atoms. The molecule has 7 nitrogen and oxygen atoms in total. The number of ether oxygens (including phenoxy) is 1. The van der Waals surface area contributed by atoms with E-state index in [4.69, 9.17) is 4.74 Å². The topological polar surface area (TPSA) is 87.0 Å². The smallest absolute Gasteiger partial charge is 0.308 e. The number of rotatable bonds is 5. The van der Waals surface area contributed by atoms with Crippen LogP contribution in [0.5, 0.6) is 0 Å². The number of carbonyl (C=O) groups is 1. The molecule has 140 valence electrons. The van der Waals surface area contributed by atoms with Gasteiger partial charge in [0.1, 0.15) is 6.61 Å². The Hall–Kier alpha value is -3.61. The largest absolute Gasteiger partial charge is 0.459 e. The highest BCUT2D eigenvalue weighted by atomic mass is 16.5. The molecule has 0 fully saturated rings. The van der Waals surface area contributed by atoms with E-state index in [0.717, 1.165) is 16.7 Å². The van der Waals surface area contributed by atoms with Crippen LogP contribution in [-0.2, 0) is 22.7 Å². The van der Waals surface area contributed by atoms with Crippen molar-refractivity contribution in [3.63, 3.8) is 0 Å². The molecule has 0 bridgehead atoms. The summed E-state index contributed by atoms with van der Waals surface area (Å²) in [5.74, 6) is -0.362. The number of carbonyl (C=O) groups excluding carboxylic acids is 1. The fourth-order valence-corrected chi connectivity index (χ4v) is 3.02. The molecule has 0 saturated heterocycles. The number of para-hydroxylation sites is 3. The number of esters is 1. The Labute approximate surface area is 160 Å². The molecule has 0 saturated carbocycles. The van der Waals surface area contributed by atoms with Crippen LogP contribution in [0, 0.1) is 6.92 Å². The van der Waals surface area contributed by atoms with Crippen LogP contribution >= 0.6 is 0 Å². The molecule has 0 N–H and O–H groups in total. The zero-order valence-electron chi connectivity index (χ0n) is 15.3. The third kappa shape index (κ3) is 3.59. The van der Waals surface area contributed by atoms with Crippen molar-refractivity contribution in [2.24, 2.45) is 0 Å². The second-order valence-corrected chi connectivity index (χ2v) is 6.40. The van der Waals surface area contributed by atoms with Gasteiger partial charge in [-0.15, -0.1) is 0 Å². The Morgan fingerprint density at radius 2 is 1.75 bits per heavy atom. The van der Waals surface area contributed by atoms with E-state index in [-0.39, 0.29) is 24.4 Å². The molecule has 0 radical (unpaired) electrons. The Morgan fingerprint density at radius 1 is 1.04 bits per heavy atom. The van der Waals surface area contributed by atoms with Gasteiger partial charge in [0.25, 0.3) is 0 Å². The first-order valence-corrected chi connectivity index (χ1v) is 8.94. The fourth-order valence-electron chi connectivity index (χ4n) is 3.02. The Morgan fingerprint density at radius 3 is 2.57 bits per heavy atom. The van der Waals surface area contributed by atoms with Gasteiger partial charge in [-0.3, -0.25) is 14.3 Å². The van der Waals surface area contributed by atoms with Gasteiger partial charge in [-0.1, -0.05) is 24.3 Å². The van der Waals surface area contributed by atoms with Crippen LogP contribution in [0.3, 0.4) is 0 Å². The van der Waals surface area contributed by atoms with Crippen molar-refractivity contribution in [3.05, 3.63) is 76.3 Å². The third-order valence-corrected chi connectivity index (χ3v) is 4.50. The molecule has 0 aliphatic carbocycles. The molecule has 0 aliphatic heterocycles. The summed E-state index contributed by atoms with van der Waals surface area (Å²) < 4.78 is 7.01. The van der Waals surface area contributed by atoms with E-state index in [1.54, 1.807) is 16.8 Å². The lowest BCUT2D eigenvalue weighted by molar-refractivity contribution is -0.145. The van der Waals surface area contributed by atoms with Crippen molar-refractivity contribution >= 4 is 27.9 Å². The normalized spacial score (nSPS) is 11.0. The number of hydrogen-bond acceptors (Lipinski definition) is 6. The summed E-state index contributed by atoms with van der Waals surface area (Å²) in [6, 6.07) is 14.8. The van der Waals surface area contributed by atoms with Gasteiger partial charge in [0, 0.05) is 5.39 Å². The summed E-state index contributed by atoms with van der Waals surface area (Å²) in [4.78, 5) is 33.1. The van der Waals surface area contributed by atoms with E-state index in [1.807, 2.05) is 43.3 Å². The molecule has 0 amide bonds. The highest BCUT2D eigenvalue weighted by molar-refractivity contribution is 5.78. The molecule has 0 atom stereocenters. The number of aromatic nitrogens is 4. The fraction of sp³-hybridized carbons (Fsp3) is 0.190. The van der Waals surface area contributed by atoms with Gasteiger partial charge < -0.3 is 4.74 Å². The maximum atomic E-state index is 12.2. The highest BCUT2D eigenvalue weighted by Crippen LogP contribution is 2.13. The summed E-state index contributed by atoms with van der Waals surface area (Å²) in [5.41, 5.74) is 3.51. The number of aryl methyl sites for hydroxylation is 2. The van der Waals surface area contributed by atoms with E-state index in [9.17, 15) is 9.59 Å². The Bertz CT molecular complexity index is 1230. The van der Waals surface area contributed by atoms with Crippen molar-refractivity contribution < 1.29 is 9.53 Å². The third-order valence-electron chi connectivity index (χ3n) is 4.50. The van der Waals surface area contributed by atoms with Gasteiger partial charge in [-0.2, -0.15) is 5.10 Å². The van der Waals surface area contributed by atoms with Crippen molar-refractivity contribution in [3.8, 4) is 0 Å². The summed E-state index contributed by atoms with van der Waals surface area (Å²) in [7, 11) is 0. The van der Waals surface area contributed by atoms with Crippen LogP contribution in [0.1, 0.15) is 17.8 Å². The molecular weight excluding hydrogens is 356 g/mol.